The van der Waals surface area contributed by atoms with E-state index in [1.807, 2.05) is 104 Å². The number of aryl methyl sites for hydroxylation is 2. The summed E-state index contributed by atoms with van der Waals surface area (Å²) in [5.41, 5.74) is 11.5. The minimum absolute atomic E-state index is 0. The summed E-state index contributed by atoms with van der Waals surface area (Å²) in [7, 11) is 0. The molecule has 0 saturated heterocycles. The first-order chi connectivity index (χ1) is 22.5. The van der Waals surface area contributed by atoms with E-state index in [1.165, 1.54) is 49.7 Å². The fourth-order valence-electron chi connectivity index (χ4n) is 9.02. The minimum atomic E-state index is -0.985. The first kappa shape index (κ1) is 37.3. The van der Waals surface area contributed by atoms with Gasteiger partial charge in [-0.1, -0.05) is 182 Å². The van der Waals surface area contributed by atoms with Crippen molar-refractivity contribution in [3.63, 3.8) is 0 Å². The van der Waals surface area contributed by atoms with Gasteiger partial charge in [-0.2, -0.15) is 18.2 Å². The summed E-state index contributed by atoms with van der Waals surface area (Å²) in [6.45, 7) is 14.1. The standard InChI is InChI=1S/C25H33.C15H14Cl2.C5H5.Zr/c1-15-13-21-19-11-7-8-12-20(19)24-18-10-6-5-9-17(18)14-22(24)23(21)16(2)25(15,3)4;1-11-3-7-13(8-4-11)15(16,17)14-9-5-12(2)6-10-14;1-2-4-5-3-1;/h5-6,9-10,15,19-21,24H,7-8,11-14H2,1-4H3;3-10H,1-2H3;1-5H;/q-1;;-1;+2. The molecule has 0 bridgehead atoms. The summed E-state index contributed by atoms with van der Waals surface area (Å²) in [4.78, 5) is 0. The Morgan fingerprint density at radius 3 is 1.85 bits per heavy atom. The Morgan fingerprint density at radius 1 is 0.771 bits per heavy atom. The molecule has 0 heterocycles. The zero-order valence-corrected chi connectivity index (χ0v) is 33.7. The number of allylic oxidation sites excluding steroid dienone is 2. The predicted octanol–water partition coefficient (Wildman–Crippen LogP) is 13.1. The predicted molar refractivity (Wildman–Crippen MR) is 202 cm³/mol. The molecule has 0 amide bonds. The van der Waals surface area contributed by atoms with Crippen molar-refractivity contribution in [1.29, 1.82) is 0 Å². The van der Waals surface area contributed by atoms with E-state index in [4.69, 9.17) is 23.2 Å². The van der Waals surface area contributed by atoms with Crippen LogP contribution in [-0.2, 0) is 37.0 Å². The van der Waals surface area contributed by atoms with Crippen LogP contribution in [-0.4, -0.2) is 0 Å². The second-order valence-corrected chi connectivity index (χ2v) is 16.6. The van der Waals surface area contributed by atoms with Crippen molar-refractivity contribution in [3.8, 4) is 0 Å². The Hall–Kier alpha value is -1.92. The smallest absolute Gasteiger partial charge is 0.214 e. The fraction of sp³-hybridized carbons (Fsp3) is 0.422. The second kappa shape index (κ2) is 15.5. The SMILES string of the molecule is C[C-]1C2=C3Cc4ccccc4C3C3CCCCC3C2CC(C)C1(C)C.Cc1ccc(C(Cl)(Cl)c2ccc(C)cc2)cc1.[Zr+2].c1cc[cH-]c1. The number of hydrogen-bond donors (Lipinski definition) is 0. The van der Waals surface area contributed by atoms with Gasteiger partial charge in [-0.05, 0) is 55.6 Å². The zero-order chi connectivity index (χ0) is 33.3. The molecule has 8 rings (SSSR count). The van der Waals surface area contributed by atoms with E-state index in [0.717, 1.165) is 40.7 Å². The van der Waals surface area contributed by atoms with Gasteiger partial charge < -0.3 is 0 Å². The van der Waals surface area contributed by atoms with Crippen LogP contribution in [0.15, 0.2) is 114 Å². The van der Waals surface area contributed by atoms with Crippen LogP contribution in [0.25, 0.3) is 0 Å². The molecule has 2 saturated carbocycles. The van der Waals surface area contributed by atoms with Crippen LogP contribution in [0.1, 0.15) is 99.1 Å². The van der Waals surface area contributed by atoms with E-state index in [1.54, 1.807) is 17.0 Å². The van der Waals surface area contributed by atoms with Gasteiger partial charge in [0, 0.05) is 0 Å². The van der Waals surface area contributed by atoms with E-state index in [2.05, 4.69) is 52.0 Å². The molecule has 0 aliphatic heterocycles. The number of fused-ring (bicyclic) bond motifs is 7. The number of rotatable bonds is 2. The van der Waals surface area contributed by atoms with Crippen LogP contribution in [0.4, 0.5) is 0 Å². The number of hydrogen-bond acceptors (Lipinski definition) is 0. The maximum atomic E-state index is 6.46. The van der Waals surface area contributed by atoms with Gasteiger partial charge >= 0.3 is 26.2 Å². The van der Waals surface area contributed by atoms with Gasteiger partial charge in [0.05, 0.1) is 0 Å². The van der Waals surface area contributed by atoms with E-state index in [9.17, 15) is 0 Å². The molecule has 2 fully saturated rings. The molecule has 5 unspecified atom stereocenters. The molecule has 5 atom stereocenters. The Morgan fingerprint density at radius 2 is 1.31 bits per heavy atom. The third kappa shape index (κ3) is 7.41. The monoisotopic (exact) mass is 752 g/mol. The fourth-order valence-corrected chi connectivity index (χ4v) is 9.53. The van der Waals surface area contributed by atoms with Crippen molar-refractivity contribution in [2.45, 2.75) is 90.3 Å². The Kier molecular flexibility index (Phi) is 12.1. The molecular formula is C45H52Cl2Zr. The average Bonchev–Trinajstić information content (AvgIpc) is 3.77. The molecule has 48 heavy (non-hydrogen) atoms. The molecule has 4 aromatic carbocycles. The molecule has 250 valence electrons. The summed E-state index contributed by atoms with van der Waals surface area (Å²) < 4.78 is -0.985. The van der Waals surface area contributed by atoms with Gasteiger partial charge in [0.1, 0.15) is 0 Å². The van der Waals surface area contributed by atoms with E-state index < -0.39 is 4.33 Å². The van der Waals surface area contributed by atoms with Crippen molar-refractivity contribution >= 4 is 23.2 Å². The van der Waals surface area contributed by atoms with Gasteiger partial charge in [0.2, 0.25) is 0 Å². The van der Waals surface area contributed by atoms with Crippen molar-refractivity contribution < 1.29 is 26.2 Å². The maximum Gasteiger partial charge on any atom is 2.00 e. The summed E-state index contributed by atoms with van der Waals surface area (Å²) in [6.07, 6.45) is 8.52. The van der Waals surface area contributed by atoms with Crippen LogP contribution in [0.5, 0.6) is 0 Å². The zero-order valence-electron chi connectivity index (χ0n) is 29.7. The van der Waals surface area contributed by atoms with Crippen molar-refractivity contribution in [3.05, 3.63) is 154 Å². The van der Waals surface area contributed by atoms with Gasteiger partial charge in [0.15, 0.2) is 4.33 Å². The normalized spacial score (nSPS) is 25.1. The van der Waals surface area contributed by atoms with E-state index in [0.29, 0.717) is 5.41 Å². The summed E-state index contributed by atoms with van der Waals surface area (Å²) in [6, 6.07) is 35.3. The molecule has 3 heteroatoms. The second-order valence-electron chi connectivity index (χ2n) is 15.3. The Balaban J connectivity index is 0.000000170. The molecule has 0 nitrogen and oxygen atoms in total. The van der Waals surface area contributed by atoms with Crippen molar-refractivity contribution in [2.24, 2.45) is 29.1 Å². The molecule has 0 spiro atoms. The first-order valence-corrected chi connectivity index (χ1v) is 18.6. The van der Waals surface area contributed by atoms with Crippen molar-refractivity contribution in [1.82, 2.24) is 0 Å². The van der Waals surface area contributed by atoms with E-state index in [-0.39, 0.29) is 26.2 Å². The van der Waals surface area contributed by atoms with Crippen LogP contribution < -0.4 is 0 Å². The number of halogens is 2. The third-order valence-corrected chi connectivity index (χ3v) is 13.1. The topological polar surface area (TPSA) is 0 Å². The summed E-state index contributed by atoms with van der Waals surface area (Å²) in [5.74, 6) is 6.00. The number of alkyl halides is 2. The minimum Gasteiger partial charge on any atom is -0.214 e. The quantitative estimate of drug-likeness (QED) is 0.141. The molecule has 4 aromatic rings. The Labute approximate surface area is 320 Å². The first-order valence-electron chi connectivity index (χ1n) is 17.8. The van der Waals surface area contributed by atoms with Gasteiger partial charge in [0.25, 0.3) is 0 Å². The van der Waals surface area contributed by atoms with E-state index >= 15 is 0 Å². The summed E-state index contributed by atoms with van der Waals surface area (Å²) in [5, 5.41) is 0. The van der Waals surface area contributed by atoms with Gasteiger partial charge in [-0.15, -0.1) is 6.92 Å². The van der Waals surface area contributed by atoms with Crippen LogP contribution in [0.2, 0.25) is 0 Å². The average molecular weight is 755 g/mol. The largest absolute Gasteiger partial charge is 2.00 e. The number of benzene rings is 3. The third-order valence-electron chi connectivity index (χ3n) is 12.3. The molecule has 0 aromatic heterocycles. The van der Waals surface area contributed by atoms with Gasteiger partial charge in [-0.3, -0.25) is 0 Å². The van der Waals surface area contributed by atoms with Crippen LogP contribution in [0.3, 0.4) is 0 Å². The van der Waals surface area contributed by atoms with Crippen molar-refractivity contribution in [2.75, 3.05) is 0 Å². The summed E-state index contributed by atoms with van der Waals surface area (Å²) >= 11 is 12.9. The van der Waals surface area contributed by atoms with Crippen LogP contribution >= 0.6 is 23.2 Å². The molecule has 0 N–H and O–H groups in total. The van der Waals surface area contributed by atoms with Crippen LogP contribution in [0, 0.1) is 48.9 Å². The maximum absolute atomic E-state index is 6.46. The molecular weight excluding hydrogens is 703 g/mol. The molecule has 4 aliphatic carbocycles. The molecule has 4 aliphatic rings. The van der Waals surface area contributed by atoms with Gasteiger partial charge in [-0.25, -0.2) is 29.2 Å². The molecule has 0 radical (unpaired) electrons. The Bertz CT molecular complexity index is 1580.